The minimum absolute atomic E-state index is 0.0840. The zero-order valence-corrected chi connectivity index (χ0v) is 17.7. The number of hydrogen-bond donors (Lipinski definition) is 1. The van der Waals surface area contributed by atoms with Crippen molar-refractivity contribution in [2.24, 2.45) is 18.0 Å². The minimum atomic E-state index is -1.06. The Balaban J connectivity index is 1.81. The van der Waals surface area contributed by atoms with Gasteiger partial charge in [-0.05, 0) is 33.6 Å². The quantitative estimate of drug-likeness (QED) is 0.767. The van der Waals surface area contributed by atoms with Crippen LogP contribution in [0.25, 0.3) is 0 Å². The molecule has 1 aliphatic carbocycles. The number of rotatable bonds is 5. The highest BCUT2D eigenvalue weighted by molar-refractivity contribution is 7.11. The van der Waals surface area contributed by atoms with Crippen molar-refractivity contribution in [1.29, 1.82) is 0 Å². The number of aromatic nitrogens is 3. The van der Waals surface area contributed by atoms with Crippen LogP contribution in [0.4, 0.5) is 11.5 Å². The molecule has 1 unspecified atom stereocenters. The highest BCUT2D eigenvalue weighted by atomic mass is 32.1. The molecule has 1 atom stereocenters. The fourth-order valence-corrected chi connectivity index (χ4v) is 4.60. The topological polar surface area (TPSA) is 89.5 Å². The molecule has 1 saturated carbocycles. The van der Waals surface area contributed by atoms with E-state index in [9.17, 15) is 14.7 Å². The van der Waals surface area contributed by atoms with E-state index < -0.39 is 11.3 Å². The minimum Gasteiger partial charge on any atom is -0.383 e. The van der Waals surface area contributed by atoms with Gasteiger partial charge in [-0.3, -0.25) is 9.36 Å². The summed E-state index contributed by atoms with van der Waals surface area (Å²) in [6.45, 7) is 6.15. The second kappa shape index (κ2) is 6.20. The molecule has 0 amide bonds. The molecule has 0 radical (unpaired) electrons. The lowest BCUT2D eigenvalue weighted by Gasteiger charge is -2.25. The van der Waals surface area contributed by atoms with Crippen LogP contribution in [-0.2, 0) is 19.2 Å². The number of thiazole rings is 1. The van der Waals surface area contributed by atoms with Gasteiger partial charge in [-0.1, -0.05) is 0 Å². The van der Waals surface area contributed by atoms with E-state index >= 15 is 0 Å². The lowest BCUT2D eigenvalue weighted by Crippen LogP contribution is -2.50. The van der Waals surface area contributed by atoms with E-state index in [4.69, 9.17) is 0 Å². The van der Waals surface area contributed by atoms with Gasteiger partial charge in [-0.15, -0.1) is 11.3 Å². The standard InChI is InChI=1S/C19H26N5O3S/c1-11-13(21-17(28-11)19(2,3)27)8-23-16(25)14-15(22(4)18(23)26)20-10-24(14,5)9-12-6-7-12/h10,12,27H,6-9H2,1-5H3/q+1. The number of fused-ring (bicyclic) bond motifs is 1. The number of aliphatic hydroxyl groups is 1. The molecule has 28 heavy (non-hydrogen) atoms. The van der Waals surface area contributed by atoms with Crippen molar-refractivity contribution in [1.82, 2.24) is 18.6 Å². The molecule has 1 aliphatic heterocycles. The van der Waals surface area contributed by atoms with Crippen LogP contribution in [0.3, 0.4) is 0 Å². The van der Waals surface area contributed by atoms with Crippen molar-refractivity contribution >= 4 is 29.2 Å². The molecular formula is C19H26N5O3S+. The van der Waals surface area contributed by atoms with Gasteiger partial charge in [0, 0.05) is 17.8 Å². The molecule has 2 aromatic heterocycles. The molecule has 2 aromatic rings. The van der Waals surface area contributed by atoms with Crippen LogP contribution in [0.1, 0.15) is 42.3 Å². The van der Waals surface area contributed by atoms with E-state index in [2.05, 4.69) is 9.98 Å². The van der Waals surface area contributed by atoms with Gasteiger partial charge in [0.05, 0.1) is 25.8 Å². The maximum absolute atomic E-state index is 13.4. The van der Waals surface area contributed by atoms with Crippen LogP contribution >= 0.6 is 11.3 Å². The van der Waals surface area contributed by atoms with Gasteiger partial charge in [0.1, 0.15) is 10.6 Å². The summed E-state index contributed by atoms with van der Waals surface area (Å²) in [5.74, 6) is 1.05. The number of nitrogens with zero attached hydrogens (tertiary/aromatic N) is 5. The van der Waals surface area contributed by atoms with Crippen LogP contribution in [-0.4, -0.2) is 39.2 Å². The molecule has 1 N–H and O–H groups in total. The Morgan fingerprint density at radius 1 is 1.36 bits per heavy atom. The van der Waals surface area contributed by atoms with Crippen LogP contribution in [0.15, 0.2) is 14.6 Å². The third-order valence-electron chi connectivity index (χ3n) is 5.50. The third kappa shape index (κ3) is 3.07. The predicted molar refractivity (Wildman–Crippen MR) is 111 cm³/mol. The first kappa shape index (κ1) is 19.2. The molecule has 4 rings (SSSR count). The fraction of sp³-hybridized carbons (Fsp3) is 0.579. The summed E-state index contributed by atoms with van der Waals surface area (Å²) < 4.78 is 3.02. The number of aryl methyl sites for hydroxylation is 1. The number of hydrogen-bond acceptors (Lipinski definition) is 6. The lowest BCUT2D eigenvalue weighted by atomic mass is 10.1. The monoisotopic (exact) mass is 404 g/mol. The normalized spacial score (nSPS) is 21.4. The Morgan fingerprint density at radius 3 is 2.61 bits per heavy atom. The van der Waals surface area contributed by atoms with Crippen molar-refractivity contribution in [2.75, 3.05) is 13.6 Å². The second-order valence-electron chi connectivity index (χ2n) is 8.62. The summed E-state index contributed by atoms with van der Waals surface area (Å²) >= 11 is 1.38. The Hall–Kier alpha value is -2.10. The summed E-state index contributed by atoms with van der Waals surface area (Å²) in [4.78, 5) is 36.0. The largest absolute Gasteiger partial charge is 0.383 e. The third-order valence-corrected chi connectivity index (χ3v) is 6.83. The van der Waals surface area contributed by atoms with E-state index in [0.717, 1.165) is 11.4 Å². The number of aliphatic imine (C=N–C) groups is 1. The maximum atomic E-state index is 13.4. The Labute approximate surface area is 167 Å². The van der Waals surface area contributed by atoms with Crippen molar-refractivity contribution in [3.8, 4) is 0 Å². The van der Waals surface area contributed by atoms with Crippen molar-refractivity contribution < 1.29 is 5.11 Å². The molecule has 3 heterocycles. The van der Waals surface area contributed by atoms with E-state index in [1.807, 2.05) is 14.0 Å². The van der Waals surface area contributed by atoms with Crippen molar-refractivity contribution in [2.45, 2.75) is 45.8 Å². The predicted octanol–water partition coefficient (Wildman–Crippen LogP) is 1.61. The van der Waals surface area contributed by atoms with Crippen LogP contribution in [0, 0.1) is 12.8 Å². The maximum Gasteiger partial charge on any atom is 0.333 e. The van der Waals surface area contributed by atoms with Crippen molar-refractivity contribution in [3.63, 3.8) is 0 Å². The summed E-state index contributed by atoms with van der Waals surface area (Å²) in [5, 5.41) is 10.8. The van der Waals surface area contributed by atoms with Gasteiger partial charge in [0.25, 0.3) is 0 Å². The van der Waals surface area contributed by atoms with Gasteiger partial charge < -0.3 is 5.11 Å². The highest BCUT2D eigenvalue weighted by Crippen LogP contribution is 2.38. The molecule has 9 heteroatoms. The van der Waals surface area contributed by atoms with Gasteiger partial charge in [-0.25, -0.2) is 18.8 Å². The summed E-state index contributed by atoms with van der Waals surface area (Å²) in [5.41, 5.74) is -0.593. The molecule has 1 fully saturated rings. The van der Waals surface area contributed by atoms with Gasteiger partial charge in [-0.2, -0.15) is 4.99 Å². The fourth-order valence-electron chi connectivity index (χ4n) is 3.68. The van der Waals surface area contributed by atoms with E-state index in [-0.39, 0.29) is 12.1 Å². The summed E-state index contributed by atoms with van der Waals surface area (Å²) in [6.07, 6.45) is 4.12. The lowest BCUT2D eigenvalue weighted by molar-refractivity contribution is 0.0781. The van der Waals surface area contributed by atoms with Gasteiger partial charge in [0.15, 0.2) is 6.34 Å². The van der Waals surface area contributed by atoms with Crippen LogP contribution in [0.5, 0.6) is 0 Å². The SMILES string of the molecule is Cc1sc(C(C)(C)O)nc1Cn1c(=O)c2c(n(C)c1=O)N=C[N+]2(C)CC1CC1. The van der Waals surface area contributed by atoms with Gasteiger partial charge >= 0.3 is 11.2 Å². The number of quaternary nitrogens is 1. The highest BCUT2D eigenvalue weighted by Gasteiger charge is 2.42. The first-order chi connectivity index (χ1) is 13.0. The van der Waals surface area contributed by atoms with Crippen molar-refractivity contribution in [3.05, 3.63) is 36.4 Å². The Morgan fingerprint density at radius 2 is 2.04 bits per heavy atom. The summed E-state index contributed by atoms with van der Waals surface area (Å²) in [6, 6.07) is 0. The second-order valence-corrected chi connectivity index (χ2v) is 9.83. The first-order valence-corrected chi connectivity index (χ1v) is 10.3. The molecule has 0 aromatic carbocycles. The van der Waals surface area contributed by atoms with E-state index in [1.165, 1.54) is 33.3 Å². The molecule has 2 aliphatic rings. The summed E-state index contributed by atoms with van der Waals surface area (Å²) in [7, 11) is 3.63. The average Bonchev–Trinajstić information content (AvgIpc) is 3.21. The molecule has 8 nitrogen and oxygen atoms in total. The Bertz CT molecular complexity index is 1100. The first-order valence-electron chi connectivity index (χ1n) is 9.45. The van der Waals surface area contributed by atoms with Crippen LogP contribution in [0.2, 0.25) is 0 Å². The smallest absolute Gasteiger partial charge is 0.333 e. The van der Waals surface area contributed by atoms with E-state index in [1.54, 1.807) is 27.2 Å². The zero-order chi connectivity index (χ0) is 20.4. The molecule has 150 valence electrons. The molecule has 0 bridgehead atoms. The zero-order valence-electron chi connectivity index (χ0n) is 16.9. The van der Waals surface area contributed by atoms with Gasteiger partial charge in [0.2, 0.25) is 11.5 Å². The Kier molecular flexibility index (Phi) is 4.26. The van der Waals surface area contributed by atoms with Crippen LogP contribution < -0.4 is 15.7 Å². The molecular weight excluding hydrogens is 378 g/mol. The average molecular weight is 405 g/mol. The van der Waals surface area contributed by atoms with E-state index in [0.29, 0.717) is 32.6 Å². The molecule has 0 saturated heterocycles. The molecule has 0 spiro atoms.